The molecule has 2 atom stereocenters. The van der Waals surface area contributed by atoms with E-state index in [1.54, 1.807) is 0 Å². The summed E-state index contributed by atoms with van der Waals surface area (Å²) in [6.07, 6.45) is 4.13. The highest BCUT2D eigenvalue weighted by Gasteiger charge is 2.23. The molecule has 1 rings (SSSR count). The Kier molecular flexibility index (Phi) is 7.04. The minimum Gasteiger partial charge on any atom is -0.396 e. The van der Waals surface area contributed by atoms with Gasteiger partial charge in [0.2, 0.25) is 0 Å². The summed E-state index contributed by atoms with van der Waals surface area (Å²) in [6.45, 7) is 6.28. The first-order chi connectivity index (χ1) is 8.13. The SMILES string of the molecule is CC(C)OC[C@H](O)CN1CCCC[C@@H]1CCO. The van der Waals surface area contributed by atoms with Crippen molar-refractivity contribution in [3.8, 4) is 0 Å². The molecule has 4 heteroatoms. The molecule has 1 aliphatic rings. The first-order valence-corrected chi connectivity index (χ1v) is 6.78. The first kappa shape index (κ1) is 14.9. The average Bonchev–Trinajstić information content (AvgIpc) is 2.29. The highest BCUT2D eigenvalue weighted by molar-refractivity contribution is 4.78. The van der Waals surface area contributed by atoms with Gasteiger partial charge in [-0.05, 0) is 39.7 Å². The number of aliphatic hydroxyl groups excluding tert-OH is 2. The molecule has 102 valence electrons. The van der Waals surface area contributed by atoms with Crippen LogP contribution >= 0.6 is 0 Å². The van der Waals surface area contributed by atoms with Gasteiger partial charge in [0.15, 0.2) is 0 Å². The van der Waals surface area contributed by atoms with E-state index in [0.29, 0.717) is 19.2 Å². The topological polar surface area (TPSA) is 52.9 Å². The number of likely N-dealkylation sites (tertiary alicyclic amines) is 1. The molecule has 0 aromatic rings. The van der Waals surface area contributed by atoms with Gasteiger partial charge < -0.3 is 14.9 Å². The normalized spacial score (nSPS) is 24.2. The van der Waals surface area contributed by atoms with E-state index in [4.69, 9.17) is 9.84 Å². The summed E-state index contributed by atoms with van der Waals surface area (Å²) < 4.78 is 5.41. The fraction of sp³-hybridized carbons (Fsp3) is 1.00. The van der Waals surface area contributed by atoms with Crippen LogP contribution in [0.15, 0.2) is 0 Å². The summed E-state index contributed by atoms with van der Waals surface area (Å²) in [4.78, 5) is 2.30. The second-order valence-electron chi connectivity index (χ2n) is 5.19. The second kappa shape index (κ2) is 8.03. The summed E-state index contributed by atoms with van der Waals surface area (Å²) in [7, 11) is 0. The Labute approximate surface area is 105 Å². The van der Waals surface area contributed by atoms with Crippen molar-refractivity contribution >= 4 is 0 Å². The lowest BCUT2D eigenvalue weighted by molar-refractivity contribution is -0.0203. The van der Waals surface area contributed by atoms with Crippen molar-refractivity contribution < 1.29 is 14.9 Å². The van der Waals surface area contributed by atoms with Gasteiger partial charge in [-0.2, -0.15) is 0 Å². The van der Waals surface area contributed by atoms with Crippen molar-refractivity contribution in [1.29, 1.82) is 0 Å². The first-order valence-electron chi connectivity index (χ1n) is 6.78. The Morgan fingerprint density at radius 3 is 2.76 bits per heavy atom. The molecule has 2 N–H and O–H groups in total. The molecule has 0 spiro atoms. The molecule has 17 heavy (non-hydrogen) atoms. The largest absolute Gasteiger partial charge is 0.396 e. The number of rotatable bonds is 7. The van der Waals surface area contributed by atoms with E-state index in [9.17, 15) is 5.11 Å². The van der Waals surface area contributed by atoms with E-state index in [1.165, 1.54) is 12.8 Å². The van der Waals surface area contributed by atoms with E-state index < -0.39 is 6.10 Å². The van der Waals surface area contributed by atoms with Crippen LogP contribution in [0.4, 0.5) is 0 Å². The Morgan fingerprint density at radius 1 is 1.35 bits per heavy atom. The van der Waals surface area contributed by atoms with Crippen molar-refractivity contribution in [3.05, 3.63) is 0 Å². The van der Waals surface area contributed by atoms with Gasteiger partial charge in [-0.1, -0.05) is 6.42 Å². The third-order valence-electron chi connectivity index (χ3n) is 3.28. The van der Waals surface area contributed by atoms with E-state index in [1.807, 2.05) is 13.8 Å². The number of hydrogen-bond acceptors (Lipinski definition) is 4. The Morgan fingerprint density at radius 2 is 2.12 bits per heavy atom. The molecule has 1 aliphatic heterocycles. The highest BCUT2D eigenvalue weighted by atomic mass is 16.5. The molecule has 0 radical (unpaired) electrons. The maximum Gasteiger partial charge on any atom is 0.0900 e. The predicted molar refractivity (Wildman–Crippen MR) is 68.0 cm³/mol. The number of aliphatic hydroxyl groups is 2. The Bertz CT molecular complexity index is 197. The molecule has 0 amide bonds. The fourth-order valence-corrected chi connectivity index (χ4v) is 2.40. The smallest absolute Gasteiger partial charge is 0.0900 e. The second-order valence-corrected chi connectivity index (χ2v) is 5.19. The molecule has 1 fully saturated rings. The number of ether oxygens (including phenoxy) is 1. The number of nitrogens with zero attached hydrogens (tertiary/aromatic N) is 1. The van der Waals surface area contributed by atoms with Crippen LogP contribution in [0.25, 0.3) is 0 Å². The molecule has 0 unspecified atom stereocenters. The minimum atomic E-state index is -0.420. The van der Waals surface area contributed by atoms with Crippen molar-refractivity contribution in [2.45, 2.75) is 57.8 Å². The van der Waals surface area contributed by atoms with E-state index in [-0.39, 0.29) is 12.7 Å². The summed E-state index contributed by atoms with van der Waals surface area (Å²) in [5.74, 6) is 0. The molecule has 0 aliphatic carbocycles. The minimum absolute atomic E-state index is 0.166. The third kappa shape index (κ3) is 5.82. The molecule has 1 saturated heterocycles. The Balaban J connectivity index is 2.30. The fourth-order valence-electron chi connectivity index (χ4n) is 2.40. The lowest BCUT2D eigenvalue weighted by Gasteiger charge is -2.36. The maximum atomic E-state index is 9.91. The molecule has 0 bridgehead atoms. The summed E-state index contributed by atoms with van der Waals surface area (Å²) in [5.41, 5.74) is 0. The summed E-state index contributed by atoms with van der Waals surface area (Å²) in [5, 5.41) is 18.9. The van der Waals surface area contributed by atoms with Gasteiger partial charge in [0.05, 0.1) is 18.8 Å². The predicted octanol–water partition coefficient (Wildman–Crippen LogP) is 1.01. The van der Waals surface area contributed by atoms with Crippen LogP contribution in [0.2, 0.25) is 0 Å². The lowest BCUT2D eigenvalue weighted by Crippen LogP contribution is -2.45. The molecular weight excluding hydrogens is 218 g/mol. The van der Waals surface area contributed by atoms with Crippen molar-refractivity contribution in [3.63, 3.8) is 0 Å². The summed E-state index contributed by atoms with van der Waals surface area (Å²) >= 11 is 0. The van der Waals surface area contributed by atoms with Gasteiger partial charge >= 0.3 is 0 Å². The van der Waals surface area contributed by atoms with Crippen molar-refractivity contribution in [2.24, 2.45) is 0 Å². The van der Waals surface area contributed by atoms with E-state index >= 15 is 0 Å². The number of hydrogen-bond donors (Lipinski definition) is 2. The molecule has 0 aromatic carbocycles. The van der Waals surface area contributed by atoms with E-state index in [2.05, 4.69) is 4.90 Å². The molecular formula is C13H27NO3. The van der Waals surface area contributed by atoms with Crippen LogP contribution in [-0.2, 0) is 4.74 Å². The van der Waals surface area contributed by atoms with Gasteiger partial charge in [-0.15, -0.1) is 0 Å². The zero-order chi connectivity index (χ0) is 12.7. The van der Waals surface area contributed by atoms with Crippen molar-refractivity contribution in [2.75, 3.05) is 26.3 Å². The van der Waals surface area contributed by atoms with Crippen LogP contribution in [0.5, 0.6) is 0 Å². The van der Waals surface area contributed by atoms with Crippen LogP contribution in [0, 0.1) is 0 Å². The molecule has 0 saturated carbocycles. The highest BCUT2D eigenvalue weighted by Crippen LogP contribution is 2.19. The van der Waals surface area contributed by atoms with E-state index in [0.717, 1.165) is 19.4 Å². The van der Waals surface area contributed by atoms with Gasteiger partial charge in [0, 0.05) is 19.2 Å². The van der Waals surface area contributed by atoms with Gasteiger partial charge in [0.25, 0.3) is 0 Å². The third-order valence-corrected chi connectivity index (χ3v) is 3.28. The standard InChI is InChI=1S/C13H27NO3/c1-11(2)17-10-13(16)9-14-7-4-3-5-12(14)6-8-15/h11-13,15-16H,3-10H2,1-2H3/t12-,13-/m1/s1. The molecule has 0 aromatic heterocycles. The molecule has 1 heterocycles. The van der Waals surface area contributed by atoms with Crippen LogP contribution < -0.4 is 0 Å². The maximum absolute atomic E-state index is 9.91. The van der Waals surface area contributed by atoms with Gasteiger partial charge in [-0.25, -0.2) is 0 Å². The monoisotopic (exact) mass is 245 g/mol. The zero-order valence-electron chi connectivity index (χ0n) is 11.1. The molecule has 4 nitrogen and oxygen atoms in total. The number of β-amino-alcohol motifs (C(OH)–C–C–N with tert-alkyl or cyclic N) is 1. The van der Waals surface area contributed by atoms with Gasteiger partial charge in [-0.3, -0.25) is 4.90 Å². The van der Waals surface area contributed by atoms with Crippen molar-refractivity contribution in [1.82, 2.24) is 4.90 Å². The lowest BCUT2D eigenvalue weighted by atomic mass is 9.99. The quantitative estimate of drug-likeness (QED) is 0.703. The average molecular weight is 245 g/mol. The Hall–Kier alpha value is -0.160. The summed E-state index contributed by atoms with van der Waals surface area (Å²) in [6, 6.07) is 0.433. The number of piperidine rings is 1. The van der Waals surface area contributed by atoms with Crippen LogP contribution in [-0.4, -0.2) is 59.7 Å². The van der Waals surface area contributed by atoms with Gasteiger partial charge in [0.1, 0.15) is 0 Å². The zero-order valence-corrected chi connectivity index (χ0v) is 11.1. The van der Waals surface area contributed by atoms with Crippen LogP contribution in [0.1, 0.15) is 39.5 Å². The van der Waals surface area contributed by atoms with Crippen LogP contribution in [0.3, 0.4) is 0 Å².